The monoisotopic (exact) mass is 299 g/mol. The van der Waals surface area contributed by atoms with Crippen molar-refractivity contribution in [2.45, 2.75) is 33.2 Å². The highest BCUT2D eigenvalue weighted by molar-refractivity contribution is 5.94. The molecule has 1 unspecified atom stereocenters. The van der Waals surface area contributed by atoms with E-state index in [9.17, 15) is 4.79 Å². The standard InChI is InChI=1S/C18H21NO3/c1-13-8-9-16(11-20)10-17(13)19-18(21)14(2)22-12-15-6-4-3-5-7-15/h3-10,14,20H,11-12H2,1-2H3,(H,19,21). The van der Waals surface area contributed by atoms with Gasteiger partial charge in [-0.3, -0.25) is 4.79 Å². The maximum Gasteiger partial charge on any atom is 0.253 e. The Morgan fingerprint density at radius 1 is 1.18 bits per heavy atom. The number of nitrogens with one attached hydrogen (secondary N) is 1. The highest BCUT2D eigenvalue weighted by Crippen LogP contribution is 2.17. The number of anilines is 1. The summed E-state index contributed by atoms with van der Waals surface area (Å²) in [6, 6.07) is 15.2. The maximum atomic E-state index is 12.2. The molecule has 0 heterocycles. The predicted octanol–water partition coefficient (Wildman–Crippen LogP) is 3.03. The first-order chi connectivity index (χ1) is 10.6. The lowest BCUT2D eigenvalue weighted by molar-refractivity contribution is -0.127. The van der Waals surface area contributed by atoms with Crippen molar-refractivity contribution in [2.75, 3.05) is 5.32 Å². The third-order valence-corrected chi connectivity index (χ3v) is 3.45. The number of carbonyl (C=O) groups is 1. The molecule has 22 heavy (non-hydrogen) atoms. The first-order valence-electron chi connectivity index (χ1n) is 7.27. The third kappa shape index (κ3) is 4.41. The van der Waals surface area contributed by atoms with Gasteiger partial charge in [0, 0.05) is 5.69 Å². The summed E-state index contributed by atoms with van der Waals surface area (Å²) in [7, 11) is 0. The van der Waals surface area contributed by atoms with Crippen LogP contribution in [0.4, 0.5) is 5.69 Å². The topological polar surface area (TPSA) is 58.6 Å². The molecule has 2 aromatic carbocycles. The van der Waals surface area contributed by atoms with E-state index in [2.05, 4.69) is 5.32 Å². The molecule has 0 spiro atoms. The lowest BCUT2D eigenvalue weighted by Gasteiger charge is -2.15. The molecule has 4 nitrogen and oxygen atoms in total. The number of rotatable bonds is 6. The number of amides is 1. The average Bonchev–Trinajstić information content (AvgIpc) is 2.55. The Balaban J connectivity index is 1.94. The maximum absolute atomic E-state index is 12.2. The van der Waals surface area contributed by atoms with Gasteiger partial charge in [0.1, 0.15) is 6.10 Å². The molecule has 116 valence electrons. The lowest BCUT2D eigenvalue weighted by Crippen LogP contribution is -2.28. The molecule has 0 radical (unpaired) electrons. The third-order valence-electron chi connectivity index (χ3n) is 3.45. The van der Waals surface area contributed by atoms with Gasteiger partial charge in [-0.1, -0.05) is 42.5 Å². The van der Waals surface area contributed by atoms with Gasteiger partial charge < -0.3 is 15.2 Å². The quantitative estimate of drug-likeness (QED) is 0.862. The van der Waals surface area contributed by atoms with Gasteiger partial charge >= 0.3 is 0 Å². The Kier molecular flexibility index (Phi) is 5.69. The van der Waals surface area contributed by atoms with Crippen molar-refractivity contribution in [3.63, 3.8) is 0 Å². The number of hydrogen-bond donors (Lipinski definition) is 2. The van der Waals surface area contributed by atoms with Gasteiger partial charge in [-0.15, -0.1) is 0 Å². The van der Waals surface area contributed by atoms with Crippen LogP contribution in [0.1, 0.15) is 23.6 Å². The van der Waals surface area contributed by atoms with Gasteiger partial charge in [-0.2, -0.15) is 0 Å². The van der Waals surface area contributed by atoms with Gasteiger partial charge in [0.15, 0.2) is 0 Å². The molecule has 0 aliphatic rings. The Labute approximate surface area is 130 Å². The van der Waals surface area contributed by atoms with Crippen LogP contribution in [0.2, 0.25) is 0 Å². The number of aryl methyl sites for hydroxylation is 1. The molecule has 0 aromatic heterocycles. The molecule has 1 amide bonds. The fourth-order valence-electron chi connectivity index (χ4n) is 2.01. The zero-order valence-corrected chi connectivity index (χ0v) is 12.9. The van der Waals surface area contributed by atoms with Gasteiger partial charge in [0.25, 0.3) is 5.91 Å². The van der Waals surface area contributed by atoms with Crippen molar-refractivity contribution in [1.29, 1.82) is 0 Å². The lowest BCUT2D eigenvalue weighted by atomic mass is 10.1. The molecular weight excluding hydrogens is 278 g/mol. The second-order valence-corrected chi connectivity index (χ2v) is 5.24. The molecule has 0 saturated heterocycles. The van der Waals surface area contributed by atoms with Crippen LogP contribution in [0, 0.1) is 6.92 Å². The first-order valence-corrected chi connectivity index (χ1v) is 7.27. The molecule has 1 atom stereocenters. The van der Waals surface area contributed by atoms with Crippen molar-refractivity contribution in [3.05, 3.63) is 65.2 Å². The molecule has 2 aromatic rings. The van der Waals surface area contributed by atoms with E-state index in [1.54, 1.807) is 13.0 Å². The summed E-state index contributed by atoms with van der Waals surface area (Å²) in [5.74, 6) is -0.200. The van der Waals surface area contributed by atoms with Crippen LogP contribution >= 0.6 is 0 Å². The zero-order valence-electron chi connectivity index (χ0n) is 12.9. The van der Waals surface area contributed by atoms with Crippen LogP contribution in [0.5, 0.6) is 0 Å². The minimum absolute atomic E-state index is 0.0524. The number of hydrogen-bond acceptors (Lipinski definition) is 3. The van der Waals surface area contributed by atoms with E-state index in [1.807, 2.05) is 49.4 Å². The highest BCUT2D eigenvalue weighted by Gasteiger charge is 2.14. The number of aliphatic hydroxyl groups excluding tert-OH is 1. The second kappa shape index (κ2) is 7.73. The fraction of sp³-hybridized carbons (Fsp3) is 0.278. The SMILES string of the molecule is Cc1ccc(CO)cc1NC(=O)C(C)OCc1ccccc1. The molecule has 0 aliphatic heterocycles. The van der Waals surface area contributed by atoms with Gasteiger partial charge in [-0.05, 0) is 36.6 Å². The number of aliphatic hydroxyl groups is 1. The summed E-state index contributed by atoms with van der Waals surface area (Å²) in [5.41, 5.74) is 3.44. The molecular formula is C18H21NO3. The molecule has 2 N–H and O–H groups in total. The van der Waals surface area contributed by atoms with Crippen molar-refractivity contribution < 1.29 is 14.6 Å². The van der Waals surface area contributed by atoms with E-state index in [0.29, 0.717) is 12.3 Å². The summed E-state index contributed by atoms with van der Waals surface area (Å²) < 4.78 is 5.60. The van der Waals surface area contributed by atoms with Crippen molar-refractivity contribution in [1.82, 2.24) is 0 Å². The minimum atomic E-state index is -0.558. The normalized spacial score (nSPS) is 12.0. The minimum Gasteiger partial charge on any atom is -0.392 e. The van der Waals surface area contributed by atoms with Crippen molar-refractivity contribution in [3.8, 4) is 0 Å². The summed E-state index contributed by atoms with van der Waals surface area (Å²) in [5, 5.41) is 12.0. The van der Waals surface area contributed by atoms with Gasteiger partial charge in [0.2, 0.25) is 0 Å². The van der Waals surface area contributed by atoms with E-state index in [-0.39, 0.29) is 12.5 Å². The molecule has 0 saturated carbocycles. The fourth-order valence-corrected chi connectivity index (χ4v) is 2.01. The Morgan fingerprint density at radius 3 is 2.59 bits per heavy atom. The smallest absolute Gasteiger partial charge is 0.253 e. The summed E-state index contributed by atoms with van der Waals surface area (Å²) in [6.45, 7) is 3.98. The van der Waals surface area contributed by atoms with Gasteiger partial charge in [0.05, 0.1) is 13.2 Å². The highest BCUT2D eigenvalue weighted by atomic mass is 16.5. The van der Waals surface area contributed by atoms with Crippen LogP contribution in [0.25, 0.3) is 0 Å². The molecule has 0 aliphatic carbocycles. The van der Waals surface area contributed by atoms with E-state index < -0.39 is 6.10 Å². The summed E-state index contributed by atoms with van der Waals surface area (Å²) in [6.07, 6.45) is -0.558. The van der Waals surface area contributed by atoms with Crippen LogP contribution < -0.4 is 5.32 Å². The molecule has 0 fully saturated rings. The average molecular weight is 299 g/mol. The Hall–Kier alpha value is -2.17. The largest absolute Gasteiger partial charge is 0.392 e. The summed E-state index contributed by atoms with van der Waals surface area (Å²) >= 11 is 0. The molecule has 2 rings (SSSR count). The van der Waals surface area contributed by atoms with E-state index >= 15 is 0 Å². The van der Waals surface area contributed by atoms with Crippen molar-refractivity contribution in [2.24, 2.45) is 0 Å². The molecule has 4 heteroatoms. The Bertz CT molecular complexity index is 625. The number of ether oxygens (including phenoxy) is 1. The Morgan fingerprint density at radius 2 is 1.91 bits per heavy atom. The second-order valence-electron chi connectivity index (χ2n) is 5.24. The van der Waals surface area contributed by atoms with Crippen LogP contribution in [0.15, 0.2) is 48.5 Å². The number of carbonyl (C=O) groups excluding carboxylic acids is 1. The van der Waals surface area contributed by atoms with Gasteiger partial charge in [-0.25, -0.2) is 0 Å². The number of benzene rings is 2. The summed E-state index contributed by atoms with van der Waals surface area (Å²) in [4.78, 5) is 12.2. The van der Waals surface area contributed by atoms with E-state index in [1.165, 1.54) is 0 Å². The van der Waals surface area contributed by atoms with Crippen LogP contribution in [-0.4, -0.2) is 17.1 Å². The van der Waals surface area contributed by atoms with Crippen LogP contribution in [-0.2, 0) is 22.7 Å². The van der Waals surface area contributed by atoms with Crippen LogP contribution in [0.3, 0.4) is 0 Å². The van der Waals surface area contributed by atoms with Crippen molar-refractivity contribution >= 4 is 11.6 Å². The molecule has 0 bridgehead atoms. The zero-order chi connectivity index (χ0) is 15.9. The predicted molar refractivity (Wildman–Crippen MR) is 86.4 cm³/mol. The van der Waals surface area contributed by atoms with E-state index in [0.717, 1.165) is 16.7 Å². The van der Waals surface area contributed by atoms with E-state index in [4.69, 9.17) is 9.84 Å². The first kappa shape index (κ1) is 16.2.